The van der Waals surface area contributed by atoms with Crippen molar-refractivity contribution in [1.29, 1.82) is 0 Å². The third kappa shape index (κ3) is 3.72. The summed E-state index contributed by atoms with van der Waals surface area (Å²) in [5.41, 5.74) is 7.07. The van der Waals surface area contributed by atoms with Gasteiger partial charge in [-0.05, 0) is 24.8 Å². The molecule has 4 heteroatoms. The molecule has 2 rings (SSSR count). The molecule has 3 nitrogen and oxygen atoms in total. The number of likely N-dealkylation sites (tertiary alicyclic amines) is 1. The summed E-state index contributed by atoms with van der Waals surface area (Å²) >= 11 is 0. The van der Waals surface area contributed by atoms with Crippen LogP contribution in [0.15, 0.2) is 30.3 Å². The van der Waals surface area contributed by atoms with Crippen molar-refractivity contribution in [2.75, 3.05) is 13.1 Å². The minimum atomic E-state index is -0.388. The minimum absolute atomic E-state index is 0. The molecule has 1 fully saturated rings. The topological polar surface area (TPSA) is 46.3 Å². The zero-order valence-corrected chi connectivity index (χ0v) is 10.7. The van der Waals surface area contributed by atoms with Crippen molar-refractivity contribution in [1.82, 2.24) is 4.90 Å². The lowest BCUT2D eigenvalue weighted by molar-refractivity contribution is -0.131. The van der Waals surface area contributed by atoms with E-state index in [4.69, 9.17) is 5.73 Å². The second-order valence-corrected chi connectivity index (χ2v) is 4.33. The molecule has 17 heavy (non-hydrogen) atoms. The summed E-state index contributed by atoms with van der Waals surface area (Å²) < 4.78 is 0. The molecule has 2 N–H and O–H groups in total. The first-order valence-corrected chi connectivity index (χ1v) is 5.85. The number of nitrogens with two attached hydrogens (primary N) is 1. The molecule has 0 radical (unpaired) electrons. The Morgan fingerprint density at radius 3 is 2.41 bits per heavy atom. The quantitative estimate of drug-likeness (QED) is 0.891. The fourth-order valence-corrected chi connectivity index (χ4v) is 2.13. The highest BCUT2D eigenvalue weighted by Gasteiger charge is 2.23. The van der Waals surface area contributed by atoms with Crippen LogP contribution in [-0.2, 0) is 11.2 Å². The molecular formula is C13H19ClN2O. The van der Waals surface area contributed by atoms with Crippen LogP contribution in [-0.4, -0.2) is 29.9 Å². The van der Waals surface area contributed by atoms with E-state index in [0.717, 1.165) is 31.5 Å². The van der Waals surface area contributed by atoms with Gasteiger partial charge < -0.3 is 10.6 Å². The Hall–Kier alpha value is -1.06. The first-order chi connectivity index (χ1) is 7.77. The molecule has 0 spiro atoms. The van der Waals surface area contributed by atoms with E-state index in [1.165, 1.54) is 0 Å². The van der Waals surface area contributed by atoms with Gasteiger partial charge in [0, 0.05) is 13.1 Å². The molecular weight excluding hydrogens is 236 g/mol. The summed E-state index contributed by atoms with van der Waals surface area (Å²) in [6, 6.07) is 9.55. The van der Waals surface area contributed by atoms with Crippen molar-refractivity contribution in [2.24, 2.45) is 5.73 Å². The maximum atomic E-state index is 12.0. The first-order valence-electron chi connectivity index (χ1n) is 5.85. The van der Waals surface area contributed by atoms with E-state index >= 15 is 0 Å². The van der Waals surface area contributed by atoms with Crippen LogP contribution in [0.25, 0.3) is 0 Å². The summed E-state index contributed by atoms with van der Waals surface area (Å²) in [7, 11) is 0. The highest BCUT2D eigenvalue weighted by Crippen LogP contribution is 2.10. The highest BCUT2D eigenvalue weighted by molar-refractivity contribution is 5.85. The Kier molecular flexibility index (Phi) is 5.45. The van der Waals surface area contributed by atoms with Gasteiger partial charge in [-0.2, -0.15) is 0 Å². The molecule has 1 aliphatic rings. The molecule has 1 aromatic rings. The predicted octanol–water partition coefficient (Wildman–Crippen LogP) is 1.60. The summed E-state index contributed by atoms with van der Waals surface area (Å²) in [4.78, 5) is 13.8. The second-order valence-electron chi connectivity index (χ2n) is 4.33. The number of rotatable bonds is 3. The summed E-state index contributed by atoms with van der Waals surface area (Å²) in [5, 5.41) is 0. The zero-order chi connectivity index (χ0) is 11.4. The van der Waals surface area contributed by atoms with Crippen LogP contribution < -0.4 is 5.73 Å². The van der Waals surface area contributed by atoms with E-state index in [9.17, 15) is 4.79 Å². The van der Waals surface area contributed by atoms with Crippen molar-refractivity contribution in [3.8, 4) is 0 Å². The molecule has 0 saturated carbocycles. The molecule has 0 aromatic heterocycles. The minimum Gasteiger partial charge on any atom is -0.341 e. The van der Waals surface area contributed by atoms with Crippen LogP contribution in [0.2, 0.25) is 0 Å². The number of hydrogen-bond acceptors (Lipinski definition) is 2. The number of hydrogen-bond donors (Lipinski definition) is 1. The van der Waals surface area contributed by atoms with E-state index in [1.54, 1.807) is 0 Å². The maximum absolute atomic E-state index is 12.0. The lowest BCUT2D eigenvalue weighted by atomic mass is 10.1. The highest BCUT2D eigenvalue weighted by atomic mass is 35.5. The molecule has 1 heterocycles. The number of amides is 1. The third-order valence-electron chi connectivity index (χ3n) is 3.03. The van der Waals surface area contributed by atoms with Crippen molar-refractivity contribution in [3.63, 3.8) is 0 Å². The van der Waals surface area contributed by atoms with E-state index < -0.39 is 0 Å². The molecule has 0 aliphatic carbocycles. The molecule has 1 aliphatic heterocycles. The standard InChI is InChI=1S/C13H18N2O.ClH/c14-12(10-11-6-2-1-3-7-11)13(16)15-8-4-5-9-15;/h1-3,6-7,12H,4-5,8-10,14H2;1H/t12-;/m0./s1. The molecule has 1 atom stereocenters. The Bertz CT molecular complexity index is 350. The van der Waals surface area contributed by atoms with Gasteiger partial charge in [-0.15, -0.1) is 12.4 Å². The van der Waals surface area contributed by atoms with Crippen LogP contribution in [0.3, 0.4) is 0 Å². The Morgan fingerprint density at radius 2 is 1.82 bits per heavy atom. The Labute approximate surface area is 108 Å². The number of halogens is 1. The SMILES string of the molecule is Cl.N[C@@H](Cc1ccccc1)C(=O)N1CCCC1. The van der Waals surface area contributed by atoms with Gasteiger partial charge in [0.2, 0.25) is 5.91 Å². The predicted molar refractivity (Wildman–Crippen MR) is 71.2 cm³/mol. The average molecular weight is 255 g/mol. The van der Waals surface area contributed by atoms with Gasteiger partial charge in [-0.1, -0.05) is 30.3 Å². The van der Waals surface area contributed by atoms with E-state index in [-0.39, 0.29) is 24.4 Å². The van der Waals surface area contributed by atoms with Crippen molar-refractivity contribution in [3.05, 3.63) is 35.9 Å². The molecule has 1 aromatic carbocycles. The molecule has 1 saturated heterocycles. The number of benzene rings is 1. The van der Waals surface area contributed by atoms with Crippen LogP contribution in [0, 0.1) is 0 Å². The van der Waals surface area contributed by atoms with Crippen LogP contribution >= 0.6 is 12.4 Å². The number of carbonyl (C=O) groups is 1. The normalized spacial score (nSPS) is 16.4. The van der Waals surface area contributed by atoms with Gasteiger partial charge in [0.15, 0.2) is 0 Å². The summed E-state index contributed by atoms with van der Waals surface area (Å²) in [6.07, 6.45) is 2.86. The van der Waals surface area contributed by atoms with Gasteiger partial charge >= 0.3 is 0 Å². The molecule has 94 valence electrons. The van der Waals surface area contributed by atoms with E-state index in [1.807, 2.05) is 35.2 Å². The van der Waals surface area contributed by atoms with Crippen LogP contribution in [0.1, 0.15) is 18.4 Å². The zero-order valence-electron chi connectivity index (χ0n) is 9.84. The maximum Gasteiger partial charge on any atom is 0.239 e. The number of carbonyl (C=O) groups excluding carboxylic acids is 1. The average Bonchev–Trinajstić information content (AvgIpc) is 2.83. The Morgan fingerprint density at radius 1 is 1.24 bits per heavy atom. The third-order valence-corrected chi connectivity index (χ3v) is 3.03. The Balaban J connectivity index is 0.00000144. The van der Waals surface area contributed by atoms with E-state index in [2.05, 4.69) is 0 Å². The van der Waals surface area contributed by atoms with Gasteiger partial charge in [0.25, 0.3) is 0 Å². The fraction of sp³-hybridized carbons (Fsp3) is 0.462. The fourth-order valence-electron chi connectivity index (χ4n) is 2.13. The second kappa shape index (κ2) is 6.62. The van der Waals surface area contributed by atoms with Crippen LogP contribution in [0.4, 0.5) is 0 Å². The molecule has 0 unspecified atom stereocenters. The largest absolute Gasteiger partial charge is 0.341 e. The lowest BCUT2D eigenvalue weighted by Crippen LogP contribution is -2.43. The van der Waals surface area contributed by atoms with Crippen molar-refractivity contribution >= 4 is 18.3 Å². The van der Waals surface area contributed by atoms with Gasteiger partial charge in [0.05, 0.1) is 6.04 Å². The van der Waals surface area contributed by atoms with Crippen molar-refractivity contribution < 1.29 is 4.79 Å². The van der Waals surface area contributed by atoms with E-state index in [0.29, 0.717) is 6.42 Å². The molecule has 0 bridgehead atoms. The summed E-state index contributed by atoms with van der Waals surface area (Å²) in [6.45, 7) is 1.75. The number of nitrogens with zero attached hydrogens (tertiary/aromatic N) is 1. The monoisotopic (exact) mass is 254 g/mol. The van der Waals surface area contributed by atoms with Crippen molar-refractivity contribution in [2.45, 2.75) is 25.3 Å². The smallest absolute Gasteiger partial charge is 0.239 e. The molecule has 1 amide bonds. The summed E-state index contributed by atoms with van der Waals surface area (Å²) in [5.74, 6) is 0.0985. The van der Waals surface area contributed by atoms with Gasteiger partial charge in [0.1, 0.15) is 0 Å². The van der Waals surface area contributed by atoms with Crippen LogP contribution in [0.5, 0.6) is 0 Å². The van der Waals surface area contributed by atoms with Gasteiger partial charge in [-0.3, -0.25) is 4.79 Å². The van der Waals surface area contributed by atoms with Gasteiger partial charge in [-0.25, -0.2) is 0 Å². The first kappa shape index (κ1) is 14.0. The lowest BCUT2D eigenvalue weighted by Gasteiger charge is -2.20.